The summed E-state index contributed by atoms with van der Waals surface area (Å²) in [6.45, 7) is 5.95. The lowest BCUT2D eigenvalue weighted by Gasteiger charge is -2.02. The third-order valence-corrected chi connectivity index (χ3v) is 1.51. The highest BCUT2D eigenvalue weighted by atomic mass is 14.0. The predicted octanol–water partition coefficient (Wildman–Crippen LogP) is 2.84. The molecule has 0 bridgehead atoms. The van der Waals surface area contributed by atoms with Gasteiger partial charge >= 0.3 is 0 Å². The summed E-state index contributed by atoms with van der Waals surface area (Å²) < 4.78 is 0. The summed E-state index contributed by atoms with van der Waals surface area (Å²) in [6.07, 6.45) is 3.31. The third kappa shape index (κ3) is 5.56. The van der Waals surface area contributed by atoms with Gasteiger partial charge in [0.25, 0.3) is 0 Å². The van der Waals surface area contributed by atoms with E-state index in [1.165, 1.54) is 12.8 Å². The van der Waals surface area contributed by atoms with E-state index in [-0.39, 0.29) is 0 Å². The van der Waals surface area contributed by atoms with Crippen LogP contribution >= 0.6 is 0 Å². The Balaban J connectivity index is 3.81. The van der Waals surface area contributed by atoms with Crippen LogP contribution in [0.15, 0.2) is 0 Å². The Morgan fingerprint density at radius 3 is 2.36 bits per heavy atom. The first kappa shape index (κ1) is 10.1. The fourth-order valence-corrected chi connectivity index (χ4v) is 1.00. The first-order valence-corrected chi connectivity index (χ1v) is 4.17. The van der Waals surface area contributed by atoms with Crippen molar-refractivity contribution in [2.75, 3.05) is 0 Å². The molecule has 0 radical (unpaired) electrons. The highest BCUT2D eigenvalue weighted by molar-refractivity contribution is 5.07. The summed E-state index contributed by atoms with van der Waals surface area (Å²) in [7, 11) is 0. The molecule has 0 heterocycles. The Hall–Kier alpha value is -0.880. The van der Waals surface area contributed by atoms with Gasteiger partial charge in [-0.05, 0) is 20.3 Å². The minimum atomic E-state index is 0.498. The molecule has 0 aliphatic rings. The summed E-state index contributed by atoms with van der Waals surface area (Å²) >= 11 is 0. The zero-order valence-corrected chi connectivity index (χ0v) is 7.70. The lowest BCUT2D eigenvalue weighted by atomic mass is 10.0. The molecule has 0 saturated carbocycles. The minimum absolute atomic E-state index is 0.498. The molecule has 0 heteroatoms. The molecule has 0 rings (SSSR count). The maximum Gasteiger partial charge on any atom is 0.0312 e. The van der Waals surface area contributed by atoms with Crippen molar-refractivity contribution in [3.05, 3.63) is 0 Å². The van der Waals surface area contributed by atoms with Crippen LogP contribution in [0.3, 0.4) is 0 Å². The highest BCUT2D eigenvalue weighted by Gasteiger charge is 1.99. The van der Waals surface area contributed by atoms with E-state index in [2.05, 4.69) is 30.6 Å². The standard InChI is InChI=1S/C11H16/c1-4-7-10-11(8-5-2)9-6-3/h11H,5,8,10H2,1-3H3. The maximum atomic E-state index is 3.17. The van der Waals surface area contributed by atoms with Crippen LogP contribution in [-0.2, 0) is 0 Å². The van der Waals surface area contributed by atoms with Crippen molar-refractivity contribution < 1.29 is 0 Å². The van der Waals surface area contributed by atoms with Gasteiger partial charge in [-0.15, -0.1) is 17.8 Å². The van der Waals surface area contributed by atoms with Crippen LogP contribution in [0.5, 0.6) is 0 Å². The first-order valence-electron chi connectivity index (χ1n) is 4.17. The van der Waals surface area contributed by atoms with Crippen LogP contribution in [0.1, 0.15) is 40.0 Å². The van der Waals surface area contributed by atoms with E-state index in [0.29, 0.717) is 5.92 Å². The second-order valence-electron chi connectivity index (χ2n) is 2.51. The minimum Gasteiger partial charge on any atom is -0.107 e. The lowest BCUT2D eigenvalue weighted by Crippen LogP contribution is -1.94. The second-order valence-corrected chi connectivity index (χ2v) is 2.51. The van der Waals surface area contributed by atoms with Crippen LogP contribution in [0, 0.1) is 29.6 Å². The normalized spacial score (nSPS) is 10.5. The molecule has 0 aliphatic heterocycles. The van der Waals surface area contributed by atoms with Crippen LogP contribution in [0.2, 0.25) is 0 Å². The van der Waals surface area contributed by atoms with E-state index < -0.39 is 0 Å². The molecule has 11 heavy (non-hydrogen) atoms. The van der Waals surface area contributed by atoms with Gasteiger partial charge in [-0.3, -0.25) is 0 Å². The Bertz CT molecular complexity index is 192. The molecule has 0 spiro atoms. The van der Waals surface area contributed by atoms with Gasteiger partial charge < -0.3 is 0 Å². The van der Waals surface area contributed by atoms with E-state index in [1.807, 2.05) is 13.8 Å². The summed E-state index contributed by atoms with van der Waals surface area (Å²) in [5.41, 5.74) is 0. The van der Waals surface area contributed by atoms with E-state index in [9.17, 15) is 0 Å². The zero-order chi connectivity index (χ0) is 8.53. The Morgan fingerprint density at radius 1 is 1.18 bits per heavy atom. The summed E-state index contributed by atoms with van der Waals surface area (Å²) in [6, 6.07) is 0. The topological polar surface area (TPSA) is 0 Å². The van der Waals surface area contributed by atoms with Gasteiger partial charge in [-0.25, -0.2) is 0 Å². The molecule has 0 nitrogen and oxygen atoms in total. The van der Waals surface area contributed by atoms with Gasteiger partial charge in [0, 0.05) is 12.3 Å². The van der Waals surface area contributed by atoms with Gasteiger partial charge in [0.15, 0.2) is 0 Å². The second kappa shape index (κ2) is 7.23. The van der Waals surface area contributed by atoms with E-state index in [1.54, 1.807) is 0 Å². The van der Waals surface area contributed by atoms with Crippen molar-refractivity contribution >= 4 is 0 Å². The van der Waals surface area contributed by atoms with Gasteiger partial charge in [-0.1, -0.05) is 19.3 Å². The van der Waals surface area contributed by atoms with E-state index in [4.69, 9.17) is 0 Å². The van der Waals surface area contributed by atoms with Gasteiger partial charge in [0.1, 0.15) is 0 Å². The quantitative estimate of drug-likeness (QED) is 0.540. The first-order chi connectivity index (χ1) is 5.35. The van der Waals surface area contributed by atoms with Crippen molar-refractivity contribution in [1.82, 2.24) is 0 Å². The van der Waals surface area contributed by atoms with Crippen LogP contribution in [-0.4, -0.2) is 0 Å². The fourth-order valence-electron chi connectivity index (χ4n) is 1.00. The SMILES string of the molecule is CC#CCC(C#CC)CCC. The number of rotatable bonds is 3. The van der Waals surface area contributed by atoms with Crippen LogP contribution in [0.25, 0.3) is 0 Å². The van der Waals surface area contributed by atoms with Crippen molar-refractivity contribution in [2.24, 2.45) is 5.92 Å². The zero-order valence-electron chi connectivity index (χ0n) is 7.70. The molecule has 0 aromatic heterocycles. The maximum absolute atomic E-state index is 3.17. The van der Waals surface area contributed by atoms with Gasteiger partial charge in [-0.2, -0.15) is 0 Å². The summed E-state index contributed by atoms with van der Waals surface area (Å²) in [5.74, 6) is 12.6. The van der Waals surface area contributed by atoms with E-state index in [0.717, 1.165) is 6.42 Å². The van der Waals surface area contributed by atoms with Crippen LogP contribution < -0.4 is 0 Å². The smallest absolute Gasteiger partial charge is 0.0312 e. The average molecular weight is 148 g/mol. The van der Waals surface area contributed by atoms with Crippen molar-refractivity contribution in [2.45, 2.75) is 40.0 Å². The third-order valence-electron chi connectivity index (χ3n) is 1.51. The monoisotopic (exact) mass is 148 g/mol. The molecule has 60 valence electrons. The molecule has 0 aliphatic carbocycles. The molecule has 0 aromatic carbocycles. The van der Waals surface area contributed by atoms with Gasteiger partial charge in [0.2, 0.25) is 0 Å². The van der Waals surface area contributed by atoms with Crippen molar-refractivity contribution in [1.29, 1.82) is 0 Å². The Kier molecular flexibility index (Phi) is 6.65. The Labute approximate surface area is 70.4 Å². The lowest BCUT2D eigenvalue weighted by molar-refractivity contribution is 0.615. The number of hydrogen-bond donors (Lipinski definition) is 0. The molecule has 1 unspecified atom stereocenters. The molecular formula is C11H16. The van der Waals surface area contributed by atoms with E-state index >= 15 is 0 Å². The average Bonchev–Trinajstić information content (AvgIpc) is 2.01. The molecule has 0 aromatic rings. The van der Waals surface area contributed by atoms with Crippen molar-refractivity contribution in [3.63, 3.8) is 0 Å². The van der Waals surface area contributed by atoms with Gasteiger partial charge in [0.05, 0.1) is 0 Å². The Morgan fingerprint density at radius 2 is 1.91 bits per heavy atom. The van der Waals surface area contributed by atoms with Crippen LogP contribution in [0.4, 0.5) is 0 Å². The molecular weight excluding hydrogens is 132 g/mol. The largest absolute Gasteiger partial charge is 0.107 e. The summed E-state index contributed by atoms with van der Waals surface area (Å²) in [4.78, 5) is 0. The molecule has 0 amide bonds. The molecule has 0 N–H and O–H groups in total. The fraction of sp³-hybridized carbons (Fsp3) is 0.636. The highest BCUT2D eigenvalue weighted by Crippen LogP contribution is 2.08. The molecule has 1 atom stereocenters. The summed E-state index contributed by atoms with van der Waals surface area (Å²) in [5, 5.41) is 0. The van der Waals surface area contributed by atoms with Crippen molar-refractivity contribution in [3.8, 4) is 23.7 Å². The molecule has 0 saturated heterocycles. The number of hydrogen-bond acceptors (Lipinski definition) is 0. The predicted molar refractivity (Wildman–Crippen MR) is 49.9 cm³/mol. The molecule has 0 fully saturated rings.